The third-order valence-electron chi connectivity index (χ3n) is 2.20. The molecule has 100 valence electrons. The van der Waals surface area contributed by atoms with Gasteiger partial charge in [-0.3, -0.25) is 9.59 Å². The molecule has 6 heteroatoms. The monoisotopic (exact) mass is 332 g/mol. The van der Waals surface area contributed by atoms with Gasteiger partial charge in [-0.15, -0.1) is 11.3 Å². The van der Waals surface area contributed by atoms with E-state index >= 15 is 0 Å². The summed E-state index contributed by atoms with van der Waals surface area (Å²) in [5.74, 6) is 0.0263. The first-order valence-corrected chi connectivity index (χ1v) is 7.32. The molecule has 0 aliphatic heterocycles. The second-order valence-electron chi connectivity index (χ2n) is 4.45. The fourth-order valence-electron chi connectivity index (χ4n) is 1.20. The van der Waals surface area contributed by atoms with E-state index in [1.165, 1.54) is 11.3 Å². The molecule has 1 aromatic heterocycles. The summed E-state index contributed by atoms with van der Waals surface area (Å²) in [6.07, 6.45) is 0. The molecule has 0 saturated heterocycles. The number of aryl methyl sites for hydroxylation is 1. The van der Waals surface area contributed by atoms with Crippen molar-refractivity contribution in [2.75, 3.05) is 13.1 Å². The van der Waals surface area contributed by atoms with Crippen molar-refractivity contribution < 1.29 is 9.59 Å². The molecule has 0 bridgehead atoms. The van der Waals surface area contributed by atoms with Crippen molar-refractivity contribution in [3.8, 4) is 0 Å². The van der Waals surface area contributed by atoms with Crippen LogP contribution in [0.3, 0.4) is 0 Å². The summed E-state index contributed by atoms with van der Waals surface area (Å²) in [4.78, 5) is 23.8. The highest BCUT2D eigenvalue weighted by Gasteiger charge is 2.12. The van der Waals surface area contributed by atoms with Crippen LogP contribution in [-0.4, -0.2) is 24.9 Å². The van der Waals surface area contributed by atoms with Gasteiger partial charge in [-0.05, 0) is 40.4 Å². The van der Waals surface area contributed by atoms with E-state index in [1.54, 1.807) is 6.07 Å². The number of amides is 2. The van der Waals surface area contributed by atoms with Crippen molar-refractivity contribution in [2.45, 2.75) is 20.8 Å². The Kier molecular flexibility index (Phi) is 5.81. The van der Waals surface area contributed by atoms with Crippen molar-refractivity contribution >= 4 is 39.1 Å². The molecule has 0 unspecified atom stereocenters. The highest BCUT2D eigenvalue weighted by molar-refractivity contribution is 9.11. The van der Waals surface area contributed by atoms with Crippen LogP contribution in [-0.2, 0) is 4.79 Å². The Morgan fingerprint density at radius 1 is 1.39 bits per heavy atom. The SMILES string of the molecule is Cc1cc(C(=O)NCC(=O)NCC(C)C)sc1Br. The van der Waals surface area contributed by atoms with Gasteiger partial charge in [0.1, 0.15) is 0 Å². The molecule has 0 spiro atoms. The normalized spacial score (nSPS) is 10.5. The summed E-state index contributed by atoms with van der Waals surface area (Å²) in [6.45, 7) is 6.60. The van der Waals surface area contributed by atoms with Gasteiger partial charge in [0.15, 0.2) is 0 Å². The van der Waals surface area contributed by atoms with Crippen LogP contribution in [0.15, 0.2) is 9.85 Å². The minimum Gasteiger partial charge on any atom is -0.354 e. The number of hydrogen-bond acceptors (Lipinski definition) is 3. The first kappa shape index (κ1) is 15.2. The van der Waals surface area contributed by atoms with E-state index in [0.29, 0.717) is 17.3 Å². The quantitative estimate of drug-likeness (QED) is 0.869. The molecule has 0 aliphatic carbocycles. The average Bonchev–Trinajstić information content (AvgIpc) is 2.64. The summed E-state index contributed by atoms with van der Waals surface area (Å²) < 4.78 is 0.942. The lowest BCUT2D eigenvalue weighted by atomic mass is 10.2. The van der Waals surface area contributed by atoms with Gasteiger partial charge >= 0.3 is 0 Å². The predicted octanol–water partition coefficient (Wildman–Crippen LogP) is 2.32. The van der Waals surface area contributed by atoms with Crippen LogP contribution in [0, 0.1) is 12.8 Å². The first-order chi connectivity index (χ1) is 8.40. The molecule has 1 rings (SSSR count). The molecule has 0 saturated carbocycles. The Hall–Kier alpha value is -0.880. The minimum absolute atomic E-state index is 0.0140. The topological polar surface area (TPSA) is 58.2 Å². The van der Waals surface area contributed by atoms with Gasteiger partial charge in [0.2, 0.25) is 5.91 Å². The van der Waals surface area contributed by atoms with E-state index < -0.39 is 0 Å². The van der Waals surface area contributed by atoms with Gasteiger partial charge in [0.25, 0.3) is 5.91 Å². The van der Waals surface area contributed by atoms with E-state index in [4.69, 9.17) is 0 Å². The number of rotatable bonds is 5. The van der Waals surface area contributed by atoms with Crippen LogP contribution < -0.4 is 10.6 Å². The molecule has 1 aromatic rings. The largest absolute Gasteiger partial charge is 0.354 e. The number of halogens is 1. The molecule has 0 atom stereocenters. The number of nitrogens with one attached hydrogen (secondary N) is 2. The molecular formula is C12H17BrN2O2S. The first-order valence-electron chi connectivity index (χ1n) is 5.71. The van der Waals surface area contributed by atoms with Crippen LogP contribution in [0.1, 0.15) is 29.1 Å². The molecule has 0 aromatic carbocycles. The molecule has 4 nitrogen and oxygen atoms in total. The maximum atomic E-state index is 11.8. The Bertz CT molecular complexity index is 424. The zero-order valence-electron chi connectivity index (χ0n) is 10.7. The minimum atomic E-state index is -0.214. The maximum Gasteiger partial charge on any atom is 0.261 e. The van der Waals surface area contributed by atoms with Crippen LogP contribution in [0.4, 0.5) is 0 Å². The van der Waals surface area contributed by atoms with Gasteiger partial charge in [-0.25, -0.2) is 0 Å². The van der Waals surface area contributed by atoms with Crippen LogP contribution in [0.25, 0.3) is 0 Å². The zero-order valence-corrected chi connectivity index (χ0v) is 13.1. The van der Waals surface area contributed by atoms with Crippen molar-refractivity contribution in [2.24, 2.45) is 5.92 Å². The highest BCUT2D eigenvalue weighted by Crippen LogP contribution is 2.26. The molecule has 0 aliphatic rings. The van der Waals surface area contributed by atoms with Crippen molar-refractivity contribution in [1.29, 1.82) is 0 Å². The van der Waals surface area contributed by atoms with Crippen LogP contribution in [0.2, 0.25) is 0 Å². The summed E-state index contributed by atoms with van der Waals surface area (Å²) in [5, 5.41) is 5.35. The Morgan fingerprint density at radius 2 is 2.06 bits per heavy atom. The predicted molar refractivity (Wildman–Crippen MR) is 76.9 cm³/mol. The Morgan fingerprint density at radius 3 is 2.56 bits per heavy atom. The molecule has 1 heterocycles. The molecule has 18 heavy (non-hydrogen) atoms. The fourth-order valence-corrected chi connectivity index (χ4v) is 2.65. The number of carbonyl (C=O) groups is 2. The molecule has 2 N–H and O–H groups in total. The number of carbonyl (C=O) groups excluding carboxylic acids is 2. The average molecular weight is 333 g/mol. The lowest BCUT2D eigenvalue weighted by Gasteiger charge is -2.07. The molecule has 2 amide bonds. The number of hydrogen-bond donors (Lipinski definition) is 2. The summed E-state index contributed by atoms with van der Waals surface area (Å²) in [5.41, 5.74) is 1.02. The summed E-state index contributed by atoms with van der Waals surface area (Å²) in [7, 11) is 0. The summed E-state index contributed by atoms with van der Waals surface area (Å²) in [6, 6.07) is 1.80. The maximum absolute atomic E-state index is 11.8. The van der Waals surface area contributed by atoms with Crippen LogP contribution in [0.5, 0.6) is 0 Å². The highest BCUT2D eigenvalue weighted by atomic mass is 79.9. The van der Waals surface area contributed by atoms with Gasteiger partial charge < -0.3 is 10.6 Å². The smallest absolute Gasteiger partial charge is 0.261 e. The second kappa shape index (κ2) is 6.89. The van der Waals surface area contributed by atoms with Crippen LogP contribution >= 0.6 is 27.3 Å². The Labute approximate surface area is 119 Å². The third kappa shape index (κ3) is 4.78. The zero-order chi connectivity index (χ0) is 13.7. The van der Waals surface area contributed by atoms with E-state index in [9.17, 15) is 9.59 Å². The van der Waals surface area contributed by atoms with E-state index in [-0.39, 0.29) is 18.4 Å². The molecular weight excluding hydrogens is 316 g/mol. The van der Waals surface area contributed by atoms with Crippen molar-refractivity contribution in [3.05, 3.63) is 20.3 Å². The Balaban J connectivity index is 2.39. The molecule has 0 radical (unpaired) electrons. The second-order valence-corrected chi connectivity index (χ2v) is 6.82. The van der Waals surface area contributed by atoms with Crippen molar-refractivity contribution in [3.63, 3.8) is 0 Å². The third-order valence-corrected chi connectivity index (χ3v) is 4.33. The van der Waals surface area contributed by atoms with Gasteiger partial charge in [0, 0.05) is 6.54 Å². The van der Waals surface area contributed by atoms with Gasteiger partial charge in [-0.1, -0.05) is 13.8 Å². The van der Waals surface area contributed by atoms with E-state index in [1.807, 2.05) is 20.8 Å². The molecule has 0 fully saturated rings. The van der Waals surface area contributed by atoms with Crippen molar-refractivity contribution in [1.82, 2.24) is 10.6 Å². The lowest BCUT2D eigenvalue weighted by molar-refractivity contribution is -0.120. The van der Waals surface area contributed by atoms with E-state index in [2.05, 4.69) is 26.6 Å². The van der Waals surface area contributed by atoms with Gasteiger partial charge in [0.05, 0.1) is 15.2 Å². The standard InChI is InChI=1S/C12H17BrN2O2S/c1-7(2)5-14-10(16)6-15-12(17)9-4-8(3)11(13)18-9/h4,7H,5-6H2,1-3H3,(H,14,16)(H,15,17). The lowest BCUT2D eigenvalue weighted by Crippen LogP contribution is -2.38. The number of thiophene rings is 1. The van der Waals surface area contributed by atoms with E-state index in [0.717, 1.165) is 9.35 Å². The van der Waals surface area contributed by atoms with Gasteiger partial charge in [-0.2, -0.15) is 0 Å². The fraction of sp³-hybridized carbons (Fsp3) is 0.500. The summed E-state index contributed by atoms with van der Waals surface area (Å²) >= 11 is 4.73.